The van der Waals surface area contributed by atoms with E-state index in [0.717, 1.165) is 17.8 Å². The summed E-state index contributed by atoms with van der Waals surface area (Å²) in [6.07, 6.45) is -5.08. The van der Waals surface area contributed by atoms with E-state index < -0.39 is 29.2 Å². The van der Waals surface area contributed by atoms with Crippen molar-refractivity contribution in [3.63, 3.8) is 0 Å². The normalized spacial score (nSPS) is 18.0. The van der Waals surface area contributed by atoms with Crippen LogP contribution in [0.1, 0.15) is 6.42 Å². The molecule has 0 radical (unpaired) electrons. The van der Waals surface area contributed by atoms with Gasteiger partial charge in [-0.05, 0) is 12.1 Å². The molecule has 1 aromatic carbocycles. The highest BCUT2D eigenvalue weighted by molar-refractivity contribution is 8.24. The fraction of sp³-hybridized carbons (Fsp3) is 0.250. The molecule has 0 unspecified atom stereocenters. The number of thioether (sulfide) groups is 1. The average molecular weight is 350 g/mol. The molecule has 2 rings (SSSR count). The number of carbonyl (C=O) groups excluding carboxylic acids is 2. The van der Waals surface area contributed by atoms with Crippen LogP contribution in [0.4, 0.5) is 18.9 Å². The van der Waals surface area contributed by atoms with Gasteiger partial charge in [-0.3, -0.25) is 9.59 Å². The lowest BCUT2D eigenvalue weighted by molar-refractivity contribution is -0.274. The van der Waals surface area contributed by atoms with Gasteiger partial charge in [-0.15, -0.1) is 13.2 Å². The van der Waals surface area contributed by atoms with Crippen LogP contribution >= 0.6 is 24.0 Å². The molecule has 10 heteroatoms. The molecule has 0 spiro atoms. The van der Waals surface area contributed by atoms with E-state index in [1.165, 1.54) is 18.2 Å². The molecule has 118 valence electrons. The fourth-order valence-corrected chi connectivity index (χ4v) is 2.95. The summed E-state index contributed by atoms with van der Waals surface area (Å²) in [6, 6.07) is 5.14. The van der Waals surface area contributed by atoms with Crippen LogP contribution in [0.2, 0.25) is 0 Å². The lowest BCUT2D eigenvalue weighted by Crippen LogP contribution is -2.27. The zero-order valence-electron chi connectivity index (χ0n) is 10.8. The molecule has 0 bridgehead atoms. The number of benzene rings is 1. The Balaban J connectivity index is 2.03. The number of nitrogens with one attached hydrogen (secondary N) is 2. The van der Waals surface area contributed by atoms with E-state index in [0.29, 0.717) is 0 Å². The molecule has 0 saturated carbocycles. The van der Waals surface area contributed by atoms with Gasteiger partial charge in [-0.1, -0.05) is 36.1 Å². The Morgan fingerprint density at radius 2 is 2.09 bits per heavy atom. The molecule has 1 fully saturated rings. The average Bonchev–Trinajstić information content (AvgIpc) is 2.68. The maximum Gasteiger partial charge on any atom is 0.573 e. The predicted molar refractivity (Wildman–Crippen MR) is 78.5 cm³/mol. The smallest absolute Gasteiger partial charge is 0.404 e. The van der Waals surface area contributed by atoms with Gasteiger partial charge in [0, 0.05) is 6.42 Å². The van der Waals surface area contributed by atoms with Crippen molar-refractivity contribution in [1.82, 2.24) is 5.32 Å². The van der Waals surface area contributed by atoms with E-state index in [4.69, 9.17) is 12.2 Å². The summed E-state index contributed by atoms with van der Waals surface area (Å²) in [5, 5.41) is 3.98. The molecule has 1 aliphatic heterocycles. The van der Waals surface area contributed by atoms with Crippen molar-refractivity contribution >= 4 is 45.8 Å². The van der Waals surface area contributed by atoms with Crippen molar-refractivity contribution in [3.8, 4) is 5.75 Å². The first-order valence-corrected chi connectivity index (χ1v) is 7.19. The molecule has 0 aromatic heterocycles. The van der Waals surface area contributed by atoms with Crippen LogP contribution in [0.5, 0.6) is 5.75 Å². The third-order valence-electron chi connectivity index (χ3n) is 2.52. The molecule has 1 heterocycles. The molecule has 2 amide bonds. The zero-order chi connectivity index (χ0) is 16.3. The minimum atomic E-state index is -4.87. The van der Waals surface area contributed by atoms with Gasteiger partial charge in [0.15, 0.2) is 5.75 Å². The highest BCUT2D eigenvalue weighted by atomic mass is 32.2. The van der Waals surface area contributed by atoms with Gasteiger partial charge >= 0.3 is 6.36 Å². The number of carbonyl (C=O) groups is 2. The maximum atomic E-state index is 12.3. The van der Waals surface area contributed by atoms with Gasteiger partial charge in [-0.2, -0.15) is 0 Å². The highest BCUT2D eigenvalue weighted by Crippen LogP contribution is 2.30. The van der Waals surface area contributed by atoms with E-state index in [2.05, 4.69) is 15.4 Å². The highest BCUT2D eigenvalue weighted by Gasteiger charge is 2.33. The number of halogens is 3. The van der Waals surface area contributed by atoms with Gasteiger partial charge < -0.3 is 15.4 Å². The Hall–Kier alpha value is -1.81. The number of hydrogen-bond donors (Lipinski definition) is 2. The van der Waals surface area contributed by atoms with E-state index in [1.54, 1.807) is 0 Å². The molecule has 1 saturated heterocycles. The van der Waals surface area contributed by atoms with Crippen molar-refractivity contribution in [2.45, 2.75) is 18.0 Å². The molecule has 1 aliphatic rings. The Morgan fingerprint density at radius 3 is 2.68 bits per heavy atom. The summed E-state index contributed by atoms with van der Waals surface area (Å²) >= 11 is 5.82. The third-order valence-corrected chi connectivity index (χ3v) is 3.90. The first kappa shape index (κ1) is 16.6. The van der Waals surface area contributed by atoms with Crippen LogP contribution in [0.15, 0.2) is 24.3 Å². The second-order valence-corrected chi connectivity index (χ2v) is 6.06. The van der Waals surface area contributed by atoms with Gasteiger partial charge in [0.2, 0.25) is 11.8 Å². The van der Waals surface area contributed by atoms with Gasteiger partial charge in [-0.25, -0.2) is 0 Å². The lowest BCUT2D eigenvalue weighted by atomic mass is 10.2. The van der Waals surface area contributed by atoms with E-state index in [1.807, 2.05) is 0 Å². The van der Waals surface area contributed by atoms with Crippen molar-refractivity contribution in [1.29, 1.82) is 0 Å². The first-order chi connectivity index (χ1) is 10.2. The topological polar surface area (TPSA) is 67.4 Å². The van der Waals surface area contributed by atoms with Crippen LogP contribution in [0.3, 0.4) is 0 Å². The second-order valence-electron chi connectivity index (χ2n) is 4.18. The molecule has 1 atom stereocenters. The number of anilines is 1. The molecule has 0 aliphatic carbocycles. The standard InChI is InChI=1S/C12H9F3N2O3S2/c13-12(14,15)20-7-4-2-1-3-6(7)16-9(18)5-8-10(19)17-11(21)22-8/h1-4,8H,5H2,(H,16,18)(H,17,19,21)/t8-/m0/s1. The minimum Gasteiger partial charge on any atom is -0.404 e. The number of para-hydroxylation sites is 2. The van der Waals surface area contributed by atoms with Crippen LogP contribution in [0, 0.1) is 0 Å². The van der Waals surface area contributed by atoms with E-state index in [9.17, 15) is 22.8 Å². The van der Waals surface area contributed by atoms with Crippen molar-refractivity contribution in [2.75, 3.05) is 5.32 Å². The van der Waals surface area contributed by atoms with Crippen LogP contribution in [-0.2, 0) is 9.59 Å². The first-order valence-electron chi connectivity index (χ1n) is 5.91. The molecular formula is C12H9F3N2O3S2. The SMILES string of the molecule is O=C(C[C@@H]1SC(=S)NC1=O)Nc1ccccc1OC(F)(F)F. The van der Waals surface area contributed by atoms with Gasteiger partial charge in [0.25, 0.3) is 0 Å². The Bertz CT molecular complexity index is 622. The number of hydrogen-bond acceptors (Lipinski definition) is 5. The van der Waals surface area contributed by atoms with Gasteiger partial charge in [0.1, 0.15) is 4.32 Å². The maximum absolute atomic E-state index is 12.3. The molecule has 5 nitrogen and oxygen atoms in total. The fourth-order valence-electron chi connectivity index (χ4n) is 1.68. The molecule has 2 N–H and O–H groups in total. The van der Waals surface area contributed by atoms with E-state index >= 15 is 0 Å². The number of amides is 2. The van der Waals surface area contributed by atoms with Crippen LogP contribution < -0.4 is 15.4 Å². The molecule has 1 aromatic rings. The second kappa shape index (κ2) is 6.53. The van der Waals surface area contributed by atoms with Crippen LogP contribution in [0.25, 0.3) is 0 Å². The quantitative estimate of drug-likeness (QED) is 0.817. The molecule has 22 heavy (non-hydrogen) atoms. The minimum absolute atomic E-state index is 0.129. The predicted octanol–water partition coefficient (Wildman–Crippen LogP) is 2.43. The van der Waals surface area contributed by atoms with Crippen molar-refractivity contribution in [2.24, 2.45) is 0 Å². The number of alkyl halides is 3. The monoisotopic (exact) mass is 350 g/mol. The zero-order valence-corrected chi connectivity index (χ0v) is 12.4. The summed E-state index contributed by atoms with van der Waals surface area (Å²) in [4.78, 5) is 23.3. The summed E-state index contributed by atoms with van der Waals surface area (Å²) in [5.41, 5.74) is -0.129. The number of ether oxygens (including phenoxy) is 1. The third kappa shape index (κ3) is 4.60. The van der Waals surface area contributed by atoms with Crippen molar-refractivity contribution in [3.05, 3.63) is 24.3 Å². The lowest BCUT2D eigenvalue weighted by Gasteiger charge is -2.14. The van der Waals surface area contributed by atoms with E-state index in [-0.39, 0.29) is 16.4 Å². The summed E-state index contributed by atoms with van der Waals surface area (Å²) < 4.78 is 40.9. The molecular weight excluding hydrogens is 341 g/mol. The van der Waals surface area contributed by atoms with Gasteiger partial charge in [0.05, 0.1) is 10.9 Å². The summed E-state index contributed by atoms with van der Waals surface area (Å²) in [5.74, 6) is -1.54. The van der Waals surface area contributed by atoms with Crippen LogP contribution in [-0.4, -0.2) is 27.7 Å². The summed E-state index contributed by atoms with van der Waals surface area (Å²) in [7, 11) is 0. The number of rotatable bonds is 4. The Morgan fingerprint density at radius 1 is 1.41 bits per heavy atom. The largest absolute Gasteiger partial charge is 0.573 e. The number of thiocarbonyl (C=S) groups is 1. The summed E-state index contributed by atoms with van der Waals surface area (Å²) in [6.45, 7) is 0. The Labute approximate surface area is 132 Å². The Kier molecular flexibility index (Phi) is 4.91. The van der Waals surface area contributed by atoms with Crippen molar-refractivity contribution < 1.29 is 27.5 Å².